The highest BCUT2D eigenvalue weighted by Crippen LogP contribution is 2.39. The van der Waals surface area contributed by atoms with Gasteiger partial charge in [-0.1, -0.05) is 0 Å². The Bertz CT molecular complexity index is 1490. The van der Waals surface area contributed by atoms with Gasteiger partial charge < -0.3 is 10.2 Å². The van der Waals surface area contributed by atoms with Crippen LogP contribution in [0, 0.1) is 11.8 Å². The number of fused-ring (bicyclic) bond motifs is 1. The van der Waals surface area contributed by atoms with Crippen LogP contribution in [0.3, 0.4) is 0 Å². The molecule has 2 unspecified atom stereocenters. The summed E-state index contributed by atoms with van der Waals surface area (Å²) in [6.07, 6.45) is 5.17. The molecule has 0 bridgehead atoms. The molecule has 2 fully saturated rings. The Labute approximate surface area is 228 Å². The Morgan fingerprint density at radius 3 is 2.60 bits per heavy atom. The van der Waals surface area contributed by atoms with Gasteiger partial charge in [0.1, 0.15) is 17.7 Å². The van der Waals surface area contributed by atoms with Gasteiger partial charge in [0.05, 0.1) is 23.5 Å². The van der Waals surface area contributed by atoms with E-state index in [2.05, 4.69) is 15.3 Å². The second kappa shape index (κ2) is 9.79. The van der Waals surface area contributed by atoms with E-state index < -0.39 is 17.6 Å². The van der Waals surface area contributed by atoms with Crippen molar-refractivity contribution in [2.75, 3.05) is 18.4 Å². The Hall–Kier alpha value is -4.16. The first kappa shape index (κ1) is 26.1. The number of likely N-dealkylation sites (tertiary alicyclic amines) is 1. The Morgan fingerprint density at radius 1 is 1.10 bits per heavy atom. The zero-order valence-electron chi connectivity index (χ0n) is 21.4. The summed E-state index contributed by atoms with van der Waals surface area (Å²) in [7, 11) is 0. The summed E-state index contributed by atoms with van der Waals surface area (Å²) in [5.41, 5.74) is 1.54. The number of carbonyl (C=O) groups is 2. The SMILES string of the molecule is N[N+]12C=CN=CC1=C(C1CCCN(C(=O)C3CC3)C1)N=C2c1ccc(C(=O)Nc2cc(C(F)(F)F)ccn2)cc1. The molecule has 1 saturated carbocycles. The molecule has 1 aromatic heterocycles. The normalized spacial score (nSPS) is 24.1. The van der Waals surface area contributed by atoms with E-state index >= 15 is 0 Å². The van der Waals surface area contributed by atoms with Gasteiger partial charge in [0.15, 0.2) is 0 Å². The third kappa shape index (κ3) is 4.84. The number of carbonyl (C=O) groups excluding carboxylic acids is 2. The van der Waals surface area contributed by atoms with Gasteiger partial charge in [-0.25, -0.2) is 4.98 Å². The molecule has 1 aromatic carbocycles. The number of amidine groups is 1. The lowest BCUT2D eigenvalue weighted by molar-refractivity contribution is -0.750. The van der Waals surface area contributed by atoms with Crippen molar-refractivity contribution in [2.45, 2.75) is 31.9 Å². The fourth-order valence-electron chi connectivity index (χ4n) is 5.33. The number of piperidine rings is 1. The monoisotopic (exact) mass is 550 g/mol. The van der Waals surface area contributed by atoms with E-state index in [-0.39, 0.29) is 33.7 Å². The molecular weight excluding hydrogens is 523 g/mol. The number of halogens is 3. The van der Waals surface area contributed by atoms with E-state index in [1.165, 1.54) is 0 Å². The minimum atomic E-state index is -4.55. The topological polar surface area (TPSA) is 113 Å². The van der Waals surface area contributed by atoms with Crippen LogP contribution >= 0.6 is 0 Å². The fraction of sp³-hybridized carbons (Fsp3) is 0.321. The van der Waals surface area contributed by atoms with Gasteiger partial charge in [-0.3, -0.25) is 14.6 Å². The minimum Gasteiger partial charge on any atom is -0.342 e. The van der Waals surface area contributed by atoms with E-state index in [9.17, 15) is 22.8 Å². The van der Waals surface area contributed by atoms with Gasteiger partial charge in [-0.2, -0.15) is 24.0 Å². The number of amides is 2. The minimum absolute atomic E-state index is 0.0213. The molecule has 0 spiro atoms. The number of benzene rings is 1. The number of quaternary nitrogens is 1. The van der Waals surface area contributed by atoms with Gasteiger partial charge in [0.25, 0.3) is 11.7 Å². The Balaban J connectivity index is 1.23. The largest absolute Gasteiger partial charge is 0.416 e. The molecule has 12 heteroatoms. The summed E-state index contributed by atoms with van der Waals surface area (Å²) in [4.78, 5) is 40.5. The van der Waals surface area contributed by atoms with Crippen LogP contribution in [0.25, 0.3) is 0 Å². The lowest BCUT2D eigenvalue weighted by Crippen LogP contribution is -2.53. The van der Waals surface area contributed by atoms with E-state index in [1.54, 1.807) is 42.9 Å². The zero-order chi connectivity index (χ0) is 28.1. The Morgan fingerprint density at radius 2 is 1.88 bits per heavy atom. The standard InChI is InChI=1S/C28H26F3N7O2/c29-28(30,31)21-9-10-34-23(14-21)35-26(39)18-5-3-17(4-6-18)25-36-24(22-15-33-11-13-38(22,25)32)20-2-1-12-37(16-20)27(40)19-7-8-19/h3-6,9-11,13-15,19-20H,1-2,7-8,12,16,32H2/p+1. The average Bonchev–Trinajstić information content (AvgIpc) is 3.75. The van der Waals surface area contributed by atoms with Crippen molar-refractivity contribution in [1.82, 2.24) is 9.88 Å². The van der Waals surface area contributed by atoms with Crippen LogP contribution in [0.2, 0.25) is 0 Å². The van der Waals surface area contributed by atoms with E-state index in [4.69, 9.17) is 10.8 Å². The predicted octanol–water partition coefficient (Wildman–Crippen LogP) is 4.22. The van der Waals surface area contributed by atoms with Crippen LogP contribution in [-0.2, 0) is 11.0 Å². The highest BCUT2D eigenvalue weighted by Gasteiger charge is 2.47. The maximum Gasteiger partial charge on any atom is 0.416 e. The predicted molar refractivity (Wildman–Crippen MR) is 141 cm³/mol. The number of rotatable bonds is 5. The zero-order valence-corrected chi connectivity index (χ0v) is 21.4. The summed E-state index contributed by atoms with van der Waals surface area (Å²) in [6, 6.07) is 8.14. The van der Waals surface area contributed by atoms with Crippen LogP contribution in [0.4, 0.5) is 19.0 Å². The number of nitrogens with two attached hydrogens (primary N) is 1. The molecule has 0 radical (unpaired) electrons. The number of allylic oxidation sites excluding steroid dienone is 1. The van der Waals surface area contributed by atoms with E-state index in [0.29, 0.717) is 17.9 Å². The van der Waals surface area contributed by atoms with Crippen LogP contribution < -0.4 is 11.2 Å². The summed E-state index contributed by atoms with van der Waals surface area (Å²) >= 11 is 0. The maximum absolute atomic E-state index is 13.0. The van der Waals surface area contributed by atoms with Gasteiger partial charge in [0.2, 0.25) is 11.6 Å². The lowest BCUT2D eigenvalue weighted by atomic mass is 9.93. The average molecular weight is 551 g/mol. The number of nitrogens with one attached hydrogen (secondary N) is 1. The molecule has 206 valence electrons. The number of aromatic nitrogens is 1. The van der Waals surface area contributed by atoms with Crippen molar-refractivity contribution in [2.24, 2.45) is 27.7 Å². The number of anilines is 1. The second-order valence-electron chi connectivity index (χ2n) is 10.4. The van der Waals surface area contributed by atoms with Gasteiger partial charge in [0, 0.05) is 36.7 Å². The van der Waals surface area contributed by atoms with E-state index in [0.717, 1.165) is 62.0 Å². The van der Waals surface area contributed by atoms with Crippen LogP contribution in [0.15, 0.2) is 76.4 Å². The molecule has 9 nitrogen and oxygen atoms in total. The summed E-state index contributed by atoms with van der Waals surface area (Å²) in [6.45, 7) is 1.34. The third-order valence-corrected chi connectivity index (χ3v) is 7.60. The number of aliphatic imine (C=N–C) groups is 2. The first-order chi connectivity index (χ1) is 19.1. The summed E-state index contributed by atoms with van der Waals surface area (Å²) in [5.74, 6) is 6.99. The first-order valence-corrected chi connectivity index (χ1v) is 13.1. The van der Waals surface area contributed by atoms with Crippen molar-refractivity contribution in [3.8, 4) is 0 Å². The highest BCUT2D eigenvalue weighted by atomic mass is 19.4. The number of pyridine rings is 1. The molecule has 1 saturated heterocycles. The third-order valence-electron chi connectivity index (χ3n) is 7.60. The molecule has 6 rings (SSSR count). The molecule has 1 aliphatic carbocycles. The molecule has 4 heterocycles. The second-order valence-corrected chi connectivity index (χ2v) is 10.4. The first-order valence-electron chi connectivity index (χ1n) is 13.1. The number of alkyl halides is 3. The fourth-order valence-corrected chi connectivity index (χ4v) is 5.33. The molecule has 3 N–H and O–H groups in total. The summed E-state index contributed by atoms with van der Waals surface area (Å²) in [5, 5.41) is 2.41. The number of nitrogens with zero attached hydrogens (tertiary/aromatic N) is 5. The van der Waals surface area contributed by atoms with Gasteiger partial charge in [-0.05, 0) is 62.1 Å². The molecule has 4 aliphatic rings. The maximum atomic E-state index is 13.0. The smallest absolute Gasteiger partial charge is 0.342 e. The molecule has 40 heavy (non-hydrogen) atoms. The van der Waals surface area contributed by atoms with Crippen molar-refractivity contribution >= 4 is 29.7 Å². The van der Waals surface area contributed by atoms with Crippen LogP contribution in [0.1, 0.15) is 47.2 Å². The van der Waals surface area contributed by atoms with Crippen LogP contribution in [-0.4, -0.2) is 51.4 Å². The molecular formula is C28H27F3N7O2+. The van der Waals surface area contributed by atoms with Crippen molar-refractivity contribution < 1.29 is 27.4 Å². The molecule has 2 aromatic rings. The number of hydrogen-bond donors (Lipinski definition) is 2. The van der Waals surface area contributed by atoms with Crippen molar-refractivity contribution in [1.29, 1.82) is 0 Å². The van der Waals surface area contributed by atoms with E-state index in [1.807, 2.05) is 4.90 Å². The quantitative estimate of drug-likeness (QED) is 0.429. The Kier molecular flexibility index (Phi) is 6.38. The van der Waals surface area contributed by atoms with Crippen LogP contribution in [0.5, 0.6) is 0 Å². The molecule has 3 aliphatic heterocycles. The molecule has 2 atom stereocenters. The molecule has 2 amide bonds. The van der Waals surface area contributed by atoms with Gasteiger partial charge >= 0.3 is 6.18 Å². The highest BCUT2D eigenvalue weighted by molar-refractivity contribution is 6.05. The summed E-state index contributed by atoms with van der Waals surface area (Å²) < 4.78 is 38.8. The lowest BCUT2D eigenvalue weighted by Gasteiger charge is -2.33. The van der Waals surface area contributed by atoms with Crippen molar-refractivity contribution in [3.63, 3.8) is 0 Å². The number of hydrogen-bond acceptors (Lipinski definition) is 6. The van der Waals surface area contributed by atoms with Gasteiger partial charge in [-0.15, -0.1) is 4.59 Å². The van der Waals surface area contributed by atoms with Crippen molar-refractivity contribution in [3.05, 3.63) is 83.1 Å².